The van der Waals surface area contributed by atoms with Gasteiger partial charge in [-0.1, -0.05) is 12.1 Å². The Morgan fingerprint density at radius 3 is 2.55 bits per heavy atom. The molecule has 0 unspecified atom stereocenters. The fourth-order valence-electron chi connectivity index (χ4n) is 2.12. The van der Waals surface area contributed by atoms with E-state index in [-0.39, 0.29) is 16.9 Å². The minimum atomic E-state index is -0.213. The number of thioether (sulfide) groups is 1. The number of urea groups is 1. The van der Waals surface area contributed by atoms with Crippen LogP contribution in [0, 0.1) is 0 Å². The number of nitrogens with one attached hydrogen (secondary N) is 1. The predicted octanol–water partition coefficient (Wildman–Crippen LogP) is 3.25. The number of ether oxygens (including phenoxy) is 1. The summed E-state index contributed by atoms with van der Waals surface area (Å²) in [6.07, 6.45) is 0. The van der Waals surface area contributed by atoms with Gasteiger partial charge in [-0.25, -0.2) is 4.79 Å². The third kappa shape index (κ3) is 3.60. The summed E-state index contributed by atoms with van der Waals surface area (Å²) in [6.45, 7) is 6.77. The lowest BCUT2D eigenvalue weighted by molar-refractivity contribution is 0.191. The highest BCUT2D eigenvalue weighted by molar-refractivity contribution is 7.99. The second-order valence-corrected chi connectivity index (χ2v) is 7.06. The summed E-state index contributed by atoms with van der Waals surface area (Å²) in [5, 5.41) is 3.12. The average molecular weight is 294 g/mol. The SMILES string of the molecule is COc1ccc([C@H]2SCCN2C(=O)NC(C)(C)C)cc1. The zero-order valence-corrected chi connectivity index (χ0v) is 13.3. The topological polar surface area (TPSA) is 41.6 Å². The van der Waals surface area contributed by atoms with Crippen LogP contribution in [-0.2, 0) is 0 Å². The van der Waals surface area contributed by atoms with E-state index in [2.05, 4.69) is 5.32 Å². The molecule has 4 nitrogen and oxygen atoms in total. The van der Waals surface area contributed by atoms with Crippen molar-refractivity contribution in [3.63, 3.8) is 0 Å². The van der Waals surface area contributed by atoms with Gasteiger partial charge in [0.15, 0.2) is 0 Å². The van der Waals surface area contributed by atoms with Gasteiger partial charge >= 0.3 is 6.03 Å². The molecule has 2 amide bonds. The molecule has 1 heterocycles. The van der Waals surface area contributed by atoms with Crippen LogP contribution in [0.5, 0.6) is 5.75 Å². The van der Waals surface area contributed by atoms with Crippen LogP contribution < -0.4 is 10.1 Å². The fourth-order valence-corrected chi connectivity index (χ4v) is 3.37. The van der Waals surface area contributed by atoms with Crippen LogP contribution in [0.15, 0.2) is 24.3 Å². The first kappa shape index (κ1) is 15.0. The molecule has 0 spiro atoms. The molecule has 1 atom stereocenters. The van der Waals surface area contributed by atoms with Crippen LogP contribution in [0.25, 0.3) is 0 Å². The summed E-state index contributed by atoms with van der Waals surface area (Å²) in [6, 6.07) is 7.93. The lowest BCUT2D eigenvalue weighted by Gasteiger charge is -2.29. The second-order valence-electron chi connectivity index (χ2n) is 5.87. The molecule has 0 saturated carbocycles. The summed E-state index contributed by atoms with van der Waals surface area (Å²) in [7, 11) is 1.66. The Bertz CT molecular complexity index is 468. The van der Waals surface area contributed by atoms with Gasteiger partial charge in [0.2, 0.25) is 0 Å². The molecule has 110 valence electrons. The van der Waals surface area contributed by atoms with Gasteiger partial charge in [-0.2, -0.15) is 0 Å². The molecule has 0 radical (unpaired) electrons. The quantitative estimate of drug-likeness (QED) is 0.910. The Balaban J connectivity index is 2.12. The fraction of sp³-hybridized carbons (Fsp3) is 0.533. The van der Waals surface area contributed by atoms with Crippen molar-refractivity contribution in [2.75, 3.05) is 19.4 Å². The van der Waals surface area contributed by atoms with E-state index >= 15 is 0 Å². The van der Waals surface area contributed by atoms with Crippen molar-refractivity contribution in [2.45, 2.75) is 31.7 Å². The molecule has 1 aliphatic heterocycles. The summed E-state index contributed by atoms with van der Waals surface area (Å²) >= 11 is 1.80. The monoisotopic (exact) mass is 294 g/mol. The summed E-state index contributed by atoms with van der Waals surface area (Å²) in [5.41, 5.74) is 0.923. The third-order valence-electron chi connectivity index (χ3n) is 3.03. The van der Waals surface area contributed by atoms with E-state index in [4.69, 9.17) is 4.74 Å². The first-order valence-corrected chi connectivity index (χ1v) is 7.80. The second kappa shape index (κ2) is 5.95. The molecule has 1 aromatic carbocycles. The molecular weight excluding hydrogens is 272 g/mol. The molecule has 0 aromatic heterocycles. The lowest BCUT2D eigenvalue weighted by atomic mass is 10.1. The highest BCUT2D eigenvalue weighted by Gasteiger charge is 2.32. The predicted molar refractivity (Wildman–Crippen MR) is 83.2 cm³/mol. The van der Waals surface area contributed by atoms with Gasteiger partial charge in [0.05, 0.1) is 7.11 Å². The summed E-state index contributed by atoms with van der Waals surface area (Å²) in [4.78, 5) is 14.2. The van der Waals surface area contributed by atoms with Crippen LogP contribution >= 0.6 is 11.8 Å². The third-order valence-corrected chi connectivity index (χ3v) is 4.30. The Hall–Kier alpha value is -1.36. The minimum absolute atomic E-state index is 0.00307. The molecule has 0 aliphatic carbocycles. The first-order valence-electron chi connectivity index (χ1n) is 6.75. The van der Waals surface area contributed by atoms with Crippen molar-refractivity contribution in [3.8, 4) is 5.75 Å². The maximum absolute atomic E-state index is 12.3. The standard InChI is InChI=1S/C15H22N2O2S/c1-15(2,3)16-14(18)17-9-10-20-13(17)11-5-7-12(19-4)8-6-11/h5-8,13H,9-10H2,1-4H3,(H,16,18)/t13-/m1/s1. The van der Waals surface area contributed by atoms with Gasteiger partial charge < -0.3 is 15.0 Å². The minimum Gasteiger partial charge on any atom is -0.497 e. The van der Waals surface area contributed by atoms with Crippen molar-refractivity contribution in [1.82, 2.24) is 10.2 Å². The van der Waals surface area contributed by atoms with Gasteiger partial charge in [0.25, 0.3) is 0 Å². The van der Waals surface area contributed by atoms with E-state index in [9.17, 15) is 4.79 Å². The molecular formula is C15H22N2O2S. The number of nitrogens with zero attached hydrogens (tertiary/aromatic N) is 1. The van der Waals surface area contributed by atoms with E-state index in [1.807, 2.05) is 49.9 Å². The van der Waals surface area contributed by atoms with Gasteiger partial charge in [-0.3, -0.25) is 0 Å². The van der Waals surface area contributed by atoms with Crippen LogP contribution in [0.4, 0.5) is 4.79 Å². The number of hydrogen-bond acceptors (Lipinski definition) is 3. The molecule has 1 aliphatic rings. The number of carbonyl (C=O) groups excluding carboxylic acids is 1. The Labute approximate surface area is 124 Å². The molecule has 1 N–H and O–H groups in total. The van der Waals surface area contributed by atoms with E-state index in [0.29, 0.717) is 0 Å². The number of amides is 2. The highest BCUT2D eigenvalue weighted by atomic mass is 32.2. The number of carbonyl (C=O) groups is 1. The van der Waals surface area contributed by atoms with E-state index in [1.54, 1.807) is 18.9 Å². The van der Waals surface area contributed by atoms with Crippen molar-refractivity contribution in [3.05, 3.63) is 29.8 Å². The Morgan fingerprint density at radius 1 is 1.35 bits per heavy atom. The summed E-state index contributed by atoms with van der Waals surface area (Å²) in [5.74, 6) is 1.80. The Morgan fingerprint density at radius 2 is 2.00 bits per heavy atom. The van der Waals surface area contributed by atoms with E-state index in [1.165, 1.54) is 0 Å². The van der Waals surface area contributed by atoms with Crippen LogP contribution in [0.3, 0.4) is 0 Å². The molecule has 5 heteroatoms. The molecule has 20 heavy (non-hydrogen) atoms. The highest BCUT2D eigenvalue weighted by Crippen LogP contribution is 2.38. The molecule has 1 aromatic rings. The maximum atomic E-state index is 12.3. The van der Waals surface area contributed by atoms with E-state index in [0.717, 1.165) is 23.6 Å². The van der Waals surface area contributed by atoms with Crippen LogP contribution in [-0.4, -0.2) is 35.9 Å². The van der Waals surface area contributed by atoms with E-state index < -0.39 is 0 Å². The average Bonchev–Trinajstić information content (AvgIpc) is 2.86. The van der Waals surface area contributed by atoms with Gasteiger partial charge in [0.1, 0.15) is 11.1 Å². The summed E-state index contributed by atoms with van der Waals surface area (Å²) < 4.78 is 5.17. The molecule has 1 saturated heterocycles. The molecule has 1 fully saturated rings. The zero-order chi connectivity index (χ0) is 14.8. The van der Waals surface area contributed by atoms with Crippen molar-refractivity contribution in [1.29, 1.82) is 0 Å². The van der Waals surface area contributed by atoms with Crippen LogP contribution in [0.1, 0.15) is 31.7 Å². The van der Waals surface area contributed by atoms with Crippen molar-refractivity contribution < 1.29 is 9.53 Å². The van der Waals surface area contributed by atoms with Crippen LogP contribution in [0.2, 0.25) is 0 Å². The number of benzene rings is 1. The van der Waals surface area contributed by atoms with Crippen molar-refractivity contribution in [2.24, 2.45) is 0 Å². The molecule has 0 bridgehead atoms. The van der Waals surface area contributed by atoms with Gasteiger partial charge in [-0.05, 0) is 38.5 Å². The largest absolute Gasteiger partial charge is 0.497 e. The molecule has 2 rings (SSSR count). The lowest BCUT2D eigenvalue weighted by Crippen LogP contribution is -2.48. The first-order chi connectivity index (χ1) is 9.40. The number of methoxy groups -OCH3 is 1. The number of rotatable bonds is 2. The number of hydrogen-bond donors (Lipinski definition) is 1. The zero-order valence-electron chi connectivity index (χ0n) is 12.5. The maximum Gasteiger partial charge on any atom is 0.319 e. The van der Waals surface area contributed by atoms with Crippen molar-refractivity contribution >= 4 is 17.8 Å². The Kier molecular flexibility index (Phi) is 4.48. The van der Waals surface area contributed by atoms with Gasteiger partial charge in [-0.15, -0.1) is 11.8 Å². The smallest absolute Gasteiger partial charge is 0.319 e. The normalized spacial score (nSPS) is 19.0. The van der Waals surface area contributed by atoms with Gasteiger partial charge in [0, 0.05) is 17.8 Å².